The first-order chi connectivity index (χ1) is 10.3. The number of unbranched alkanes of at least 4 members (excludes halogenated alkanes) is 2. The third-order valence-electron chi connectivity index (χ3n) is 3.24. The van der Waals surface area contributed by atoms with E-state index in [1.807, 2.05) is 11.3 Å². The van der Waals surface area contributed by atoms with Crippen molar-refractivity contribution in [2.45, 2.75) is 32.6 Å². The van der Waals surface area contributed by atoms with Crippen LogP contribution in [0, 0.1) is 0 Å². The van der Waals surface area contributed by atoms with Crippen LogP contribution in [0.3, 0.4) is 0 Å². The maximum atomic E-state index is 5.06. The second-order valence-corrected chi connectivity index (χ2v) is 6.07. The second kappa shape index (κ2) is 11.6. The molecule has 0 aliphatic carbocycles. The lowest BCUT2D eigenvalue weighted by molar-refractivity contribution is 0.192. The van der Waals surface area contributed by atoms with Crippen molar-refractivity contribution in [2.24, 2.45) is 4.99 Å². The van der Waals surface area contributed by atoms with Gasteiger partial charge in [0.2, 0.25) is 0 Å². The van der Waals surface area contributed by atoms with Gasteiger partial charge in [-0.05, 0) is 44.1 Å². The normalized spacial score (nSPS) is 11.7. The number of guanidine groups is 1. The molecule has 1 aromatic heterocycles. The lowest BCUT2D eigenvalue weighted by Crippen LogP contribution is -2.40. The molecule has 1 heterocycles. The van der Waals surface area contributed by atoms with Crippen molar-refractivity contribution >= 4 is 17.3 Å². The number of nitrogens with one attached hydrogen (secondary N) is 1. The van der Waals surface area contributed by atoms with Crippen LogP contribution in [0.2, 0.25) is 0 Å². The summed E-state index contributed by atoms with van der Waals surface area (Å²) in [5.41, 5.74) is 0. The van der Waals surface area contributed by atoms with Gasteiger partial charge >= 0.3 is 0 Å². The van der Waals surface area contributed by atoms with Crippen molar-refractivity contribution in [1.82, 2.24) is 10.2 Å². The molecule has 5 heteroatoms. The molecule has 0 spiro atoms. The predicted octanol–water partition coefficient (Wildman–Crippen LogP) is 3.00. The molecule has 1 aromatic rings. The number of methoxy groups -OCH3 is 1. The molecule has 1 rings (SSSR count). The fourth-order valence-electron chi connectivity index (χ4n) is 2.03. The summed E-state index contributed by atoms with van der Waals surface area (Å²) in [6, 6.07) is 4.30. The lowest BCUT2D eigenvalue weighted by Gasteiger charge is -2.21. The van der Waals surface area contributed by atoms with Gasteiger partial charge < -0.3 is 15.0 Å². The fraction of sp³-hybridized carbons (Fsp3) is 0.688. The molecule has 4 nitrogen and oxygen atoms in total. The van der Waals surface area contributed by atoms with Crippen molar-refractivity contribution in [1.29, 1.82) is 0 Å². The highest BCUT2D eigenvalue weighted by Crippen LogP contribution is 2.09. The molecule has 0 saturated heterocycles. The molecule has 0 aromatic carbocycles. The van der Waals surface area contributed by atoms with E-state index in [-0.39, 0.29) is 0 Å². The molecule has 120 valence electrons. The Morgan fingerprint density at radius 1 is 1.38 bits per heavy atom. The summed E-state index contributed by atoms with van der Waals surface area (Å²) in [5, 5.41) is 5.50. The maximum Gasteiger partial charge on any atom is 0.193 e. The van der Waals surface area contributed by atoms with E-state index in [0.717, 1.165) is 51.5 Å². The first-order valence-electron chi connectivity index (χ1n) is 7.78. The van der Waals surface area contributed by atoms with Gasteiger partial charge in [0.15, 0.2) is 5.96 Å². The van der Waals surface area contributed by atoms with Crippen LogP contribution in [0.1, 0.15) is 31.1 Å². The zero-order valence-corrected chi connectivity index (χ0v) is 14.4. The highest BCUT2D eigenvalue weighted by Gasteiger charge is 2.05. The average molecular weight is 311 g/mol. The molecule has 0 radical (unpaired) electrons. The molecule has 0 aliphatic rings. The first kappa shape index (κ1) is 18.0. The average Bonchev–Trinajstić information content (AvgIpc) is 3.00. The SMILES string of the molecule is CCNC(=NCCCCCOC)N(C)CCc1cccs1. The number of ether oxygens (including phenoxy) is 1. The van der Waals surface area contributed by atoms with E-state index in [0.29, 0.717) is 0 Å². The standard InChI is InChI=1S/C16H29N3OS/c1-4-17-16(18-11-6-5-7-13-20-3)19(2)12-10-15-9-8-14-21-15/h8-9,14H,4-7,10-13H2,1-3H3,(H,17,18). The number of rotatable bonds is 10. The third kappa shape index (κ3) is 8.07. The number of thiophene rings is 1. The summed E-state index contributed by atoms with van der Waals surface area (Å²) in [5.74, 6) is 1.01. The smallest absolute Gasteiger partial charge is 0.193 e. The van der Waals surface area contributed by atoms with Crippen LogP contribution in [-0.2, 0) is 11.2 Å². The summed E-state index contributed by atoms with van der Waals surface area (Å²) in [7, 11) is 3.87. The molecular weight excluding hydrogens is 282 g/mol. The van der Waals surface area contributed by atoms with Crippen molar-refractivity contribution in [3.8, 4) is 0 Å². The minimum atomic E-state index is 0.852. The number of likely N-dealkylation sites (N-methyl/N-ethyl adjacent to an activating group) is 1. The van der Waals surface area contributed by atoms with Crippen LogP contribution in [-0.4, -0.2) is 51.3 Å². The topological polar surface area (TPSA) is 36.9 Å². The van der Waals surface area contributed by atoms with Crippen molar-refractivity contribution in [3.05, 3.63) is 22.4 Å². The Morgan fingerprint density at radius 2 is 2.24 bits per heavy atom. The number of hydrogen-bond acceptors (Lipinski definition) is 3. The second-order valence-electron chi connectivity index (χ2n) is 5.04. The molecule has 0 bridgehead atoms. The summed E-state index contributed by atoms with van der Waals surface area (Å²) in [6.45, 7) is 5.75. The van der Waals surface area contributed by atoms with E-state index >= 15 is 0 Å². The van der Waals surface area contributed by atoms with E-state index in [4.69, 9.17) is 9.73 Å². The Labute approximate surface area is 133 Å². The zero-order chi connectivity index (χ0) is 15.3. The highest BCUT2D eigenvalue weighted by atomic mass is 32.1. The predicted molar refractivity (Wildman–Crippen MR) is 92.4 cm³/mol. The summed E-state index contributed by atoms with van der Waals surface area (Å²) in [6.07, 6.45) is 4.50. The van der Waals surface area contributed by atoms with Gasteiger partial charge in [0, 0.05) is 45.3 Å². The minimum Gasteiger partial charge on any atom is -0.385 e. The lowest BCUT2D eigenvalue weighted by atomic mass is 10.2. The summed E-state index contributed by atoms with van der Waals surface area (Å²) >= 11 is 1.82. The van der Waals surface area contributed by atoms with Gasteiger partial charge in [0.1, 0.15) is 0 Å². The number of aliphatic imine (C=N–C) groups is 1. The van der Waals surface area contributed by atoms with Crippen LogP contribution in [0.25, 0.3) is 0 Å². The molecule has 0 aliphatic heterocycles. The molecule has 0 saturated carbocycles. The van der Waals surface area contributed by atoms with Gasteiger partial charge in [-0.1, -0.05) is 6.07 Å². The monoisotopic (exact) mass is 311 g/mol. The Morgan fingerprint density at radius 3 is 2.90 bits per heavy atom. The number of hydrogen-bond donors (Lipinski definition) is 1. The van der Waals surface area contributed by atoms with Crippen molar-refractivity contribution in [3.63, 3.8) is 0 Å². The van der Waals surface area contributed by atoms with Gasteiger partial charge in [-0.15, -0.1) is 11.3 Å². The van der Waals surface area contributed by atoms with Crippen LogP contribution in [0.4, 0.5) is 0 Å². The molecule has 0 fully saturated rings. The van der Waals surface area contributed by atoms with Gasteiger partial charge in [-0.2, -0.15) is 0 Å². The Balaban J connectivity index is 2.31. The quantitative estimate of drug-likeness (QED) is 0.410. The van der Waals surface area contributed by atoms with E-state index in [1.54, 1.807) is 7.11 Å². The summed E-state index contributed by atoms with van der Waals surface area (Å²) in [4.78, 5) is 8.35. The molecule has 21 heavy (non-hydrogen) atoms. The van der Waals surface area contributed by atoms with Crippen LogP contribution in [0.5, 0.6) is 0 Å². The van der Waals surface area contributed by atoms with Crippen LogP contribution >= 0.6 is 11.3 Å². The fourth-order valence-corrected chi connectivity index (χ4v) is 2.73. The van der Waals surface area contributed by atoms with Crippen molar-refractivity contribution in [2.75, 3.05) is 40.4 Å². The Bertz CT molecular complexity index is 379. The molecule has 1 N–H and O–H groups in total. The third-order valence-corrected chi connectivity index (χ3v) is 4.17. The van der Waals surface area contributed by atoms with Gasteiger partial charge in [0.25, 0.3) is 0 Å². The van der Waals surface area contributed by atoms with Gasteiger partial charge in [0.05, 0.1) is 0 Å². The molecular formula is C16H29N3OS. The maximum absolute atomic E-state index is 5.06. The molecule has 0 unspecified atom stereocenters. The van der Waals surface area contributed by atoms with E-state index < -0.39 is 0 Å². The van der Waals surface area contributed by atoms with Gasteiger partial charge in [-0.3, -0.25) is 4.99 Å². The summed E-state index contributed by atoms with van der Waals surface area (Å²) < 4.78 is 5.06. The van der Waals surface area contributed by atoms with E-state index in [9.17, 15) is 0 Å². The van der Waals surface area contributed by atoms with Gasteiger partial charge in [-0.25, -0.2) is 0 Å². The van der Waals surface area contributed by atoms with Crippen molar-refractivity contribution < 1.29 is 4.74 Å². The Hall–Kier alpha value is -1.07. The molecule has 0 amide bonds. The van der Waals surface area contributed by atoms with Crippen LogP contribution in [0.15, 0.2) is 22.5 Å². The van der Waals surface area contributed by atoms with E-state index in [1.165, 1.54) is 11.3 Å². The highest BCUT2D eigenvalue weighted by molar-refractivity contribution is 7.09. The number of nitrogens with zero attached hydrogens (tertiary/aromatic N) is 2. The largest absolute Gasteiger partial charge is 0.385 e. The zero-order valence-electron chi connectivity index (χ0n) is 13.6. The minimum absolute atomic E-state index is 0.852. The molecule has 0 atom stereocenters. The first-order valence-corrected chi connectivity index (χ1v) is 8.66. The van der Waals surface area contributed by atoms with E-state index in [2.05, 4.69) is 41.7 Å². The van der Waals surface area contributed by atoms with Crippen LogP contribution < -0.4 is 5.32 Å². The Kier molecular flexibility index (Phi) is 9.91.